The van der Waals surface area contributed by atoms with Crippen LogP contribution in [-0.4, -0.2) is 10.5 Å². The van der Waals surface area contributed by atoms with Crippen LogP contribution in [0.5, 0.6) is 0 Å². The fraction of sp³-hybridized carbons (Fsp3) is 0.0714. The lowest BCUT2D eigenvalue weighted by atomic mass is 10.2. The van der Waals surface area contributed by atoms with Crippen LogP contribution in [0.4, 0.5) is 5.69 Å². The molecule has 2 aromatic rings. The maximum Gasteiger partial charge on any atom is 0.263 e. The van der Waals surface area contributed by atoms with Gasteiger partial charge in [0.15, 0.2) is 0 Å². The lowest BCUT2D eigenvalue weighted by molar-refractivity contribution is 0.102. The third-order valence-corrected chi connectivity index (χ3v) is 2.66. The summed E-state index contributed by atoms with van der Waals surface area (Å²) in [6.45, 7) is 0. The van der Waals surface area contributed by atoms with Crippen LogP contribution in [-0.2, 0) is 7.05 Å². The highest BCUT2D eigenvalue weighted by atomic mass is 16.2. The summed E-state index contributed by atoms with van der Waals surface area (Å²) < 4.78 is 1.32. The molecule has 0 saturated heterocycles. The topological polar surface area (TPSA) is 74.9 Å². The molecule has 5 nitrogen and oxygen atoms in total. The minimum absolute atomic E-state index is 0.0396. The number of para-hydroxylation sites is 1. The summed E-state index contributed by atoms with van der Waals surface area (Å²) >= 11 is 0. The Kier molecular flexibility index (Phi) is 3.44. The van der Waals surface area contributed by atoms with E-state index in [0.717, 1.165) is 0 Å². The average Bonchev–Trinajstić information content (AvgIpc) is 2.42. The van der Waals surface area contributed by atoms with Gasteiger partial charge in [0.05, 0.1) is 11.3 Å². The maximum absolute atomic E-state index is 12.0. The molecular weight excluding hydrogens is 242 g/mol. The van der Waals surface area contributed by atoms with Crippen LogP contribution in [0.2, 0.25) is 0 Å². The summed E-state index contributed by atoms with van der Waals surface area (Å²) in [5.41, 5.74) is 0.400. The summed E-state index contributed by atoms with van der Waals surface area (Å²) in [5, 5.41) is 11.5. The molecule has 19 heavy (non-hydrogen) atoms. The number of nitrogens with zero attached hydrogens (tertiary/aromatic N) is 2. The van der Waals surface area contributed by atoms with Gasteiger partial charge in [-0.15, -0.1) is 0 Å². The van der Waals surface area contributed by atoms with E-state index >= 15 is 0 Å². The van der Waals surface area contributed by atoms with E-state index in [0.29, 0.717) is 11.3 Å². The van der Waals surface area contributed by atoms with Gasteiger partial charge in [0, 0.05) is 13.2 Å². The summed E-state index contributed by atoms with van der Waals surface area (Å²) in [6, 6.07) is 11.7. The highest BCUT2D eigenvalue weighted by Crippen LogP contribution is 2.14. The van der Waals surface area contributed by atoms with Crippen molar-refractivity contribution in [2.45, 2.75) is 0 Å². The van der Waals surface area contributed by atoms with Gasteiger partial charge < -0.3 is 9.88 Å². The molecule has 0 bridgehead atoms. The third-order valence-electron chi connectivity index (χ3n) is 2.66. The van der Waals surface area contributed by atoms with E-state index in [1.165, 1.54) is 10.6 Å². The molecule has 1 heterocycles. The number of aryl methyl sites for hydroxylation is 1. The van der Waals surface area contributed by atoms with Crippen LogP contribution in [0.3, 0.4) is 0 Å². The molecule has 0 radical (unpaired) electrons. The number of hydrogen-bond acceptors (Lipinski definition) is 3. The molecule has 0 aliphatic rings. The smallest absolute Gasteiger partial charge is 0.263 e. The molecule has 0 atom stereocenters. The molecule has 0 spiro atoms. The number of rotatable bonds is 2. The Labute approximate surface area is 109 Å². The zero-order chi connectivity index (χ0) is 13.8. The van der Waals surface area contributed by atoms with Crippen molar-refractivity contribution in [2.24, 2.45) is 7.05 Å². The van der Waals surface area contributed by atoms with Crippen molar-refractivity contribution in [1.29, 1.82) is 5.26 Å². The van der Waals surface area contributed by atoms with Crippen LogP contribution >= 0.6 is 0 Å². The number of hydrogen-bond donors (Lipinski definition) is 1. The monoisotopic (exact) mass is 253 g/mol. The minimum Gasteiger partial charge on any atom is -0.321 e. The number of pyridine rings is 1. The largest absolute Gasteiger partial charge is 0.321 e. The molecule has 1 aromatic heterocycles. The molecular formula is C14H11N3O2. The number of carbonyl (C=O) groups is 1. The van der Waals surface area contributed by atoms with Gasteiger partial charge in [0.1, 0.15) is 11.6 Å². The normalized spacial score (nSPS) is 9.68. The molecule has 0 fully saturated rings. The number of carbonyl (C=O) groups excluding carboxylic acids is 1. The van der Waals surface area contributed by atoms with Crippen LogP contribution in [0.25, 0.3) is 0 Å². The standard InChI is InChI=1S/C14H11N3O2/c1-17-8-4-6-11(14(17)19)13(18)16-12-7-3-2-5-10(12)9-15/h2-8H,1H3,(H,16,18). The van der Waals surface area contributed by atoms with Crippen molar-refractivity contribution < 1.29 is 4.79 Å². The van der Waals surface area contributed by atoms with Crippen molar-refractivity contribution >= 4 is 11.6 Å². The van der Waals surface area contributed by atoms with E-state index in [1.54, 1.807) is 43.6 Å². The zero-order valence-electron chi connectivity index (χ0n) is 10.3. The van der Waals surface area contributed by atoms with Gasteiger partial charge in [-0.1, -0.05) is 12.1 Å². The van der Waals surface area contributed by atoms with Crippen molar-refractivity contribution in [3.8, 4) is 6.07 Å². The van der Waals surface area contributed by atoms with Crippen LogP contribution < -0.4 is 10.9 Å². The number of aromatic nitrogens is 1. The van der Waals surface area contributed by atoms with Crippen molar-refractivity contribution in [1.82, 2.24) is 4.57 Å². The molecule has 0 unspecified atom stereocenters. The van der Waals surface area contributed by atoms with Gasteiger partial charge in [-0.05, 0) is 24.3 Å². The molecule has 5 heteroatoms. The summed E-state index contributed by atoms with van der Waals surface area (Å²) in [7, 11) is 1.57. The highest BCUT2D eigenvalue weighted by Gasteiger charge is 2.12. The molecule has 0 aliphatic heterocycles. The Balaban J connectivity index is 2.35. The Morgan fingerprint density at radius 1 is 1.26 bits per heavy atom. The average molecular weight is 253 g/mol. The van der Waals surface area contributed by atoms with Crippen molar-refractivity contribution in [3.05, 3.63) is 64.1 Å². The maximum atomic E-state index is 12.0. The second kappa shape index (κ2) is 5.19. The lowest BCUT2D eigenvalue weighted by Gasteiger charge is -2.07. The van der Waals surface area contributed by atoms with E-state index in [-0.39, 0.29) is 11.1 Å². The Morgan fingerprint density at radius 3 is 2.74 bits per heavy atom. The molecule has 0 saturated carbocycles. The van der Waals surface area contributed by atoms with E-state index in [9.17, 15) is 9.59 Å². The third kappa shape index (κ3) is 2.53. The fourth-order valence-corrected chi connectivity index (χ4v) is 1.65. The number of nitrogens with one attached hydrogen (secondary N) is 1. The van der Waals surface area contributed by atoms with Gasteiger partial charge in [-0.25, -0.2) is 0 Å². The first-order valence-corrected chi connectivity index (χ1v) is 5.59. The first-order valence-electron chi connectivity index (χ1n) is 5.59. The number of nitriles is 1. The first-order chi connectivity index (χ1) is 9.13. The minimum atomic E-state index is -0.524. The van der Waals surface area contributed by atoms with E-state index < -0.39 is 5.91 Å². The molecule has 0 aliphatic carbocycles. The van der Waals surface area contributed by atoms with Crippen LogP contribution in [0, 0.1) is 11.3 Å². The Bertz CT molecular complexity index is 726. The van der Waals surface area contributed by atoms with Gasteiger partial charge in [0.25, 0.3) is 11.5 Å². The van der Waals surface area contributed by atoms with Crippen LogP contribution in [0.1, 0.15) is 15.9 Å². The van der Waals surface area contributed by atoms with Gasteiger partial charge >= 0.3 is 0 Å². The number of amides is 1. The second-order valence-corrected chi connectivity index (χ2v) is 3.95. The SMILES string of the molecule is Cn1cccc(C(=O)Nc2ccccc2C#N)c1=O. The molecule has 1 N–H and O–H groups in total. The molecule has 2 rings (SSSR count). The van der Waals surface area contributed by atoms with Crippen molar-refractivity contribution in [2.75, 3.05) is 5.32 Å². The summed E-state index contributed by atoms with van der Waals surface area (Å²) in [5.74, 6) is -0.524. The first kappa shape index (κ1) is 12.6. The fourth-order valence-electron chi connectivity index (χ4n) is 1.65. The summed E-state index contributed by atoms with van der Waals surface area (Å²) in [6.07, 6.45) is 1.57. The highest BCUT2D eigenvalue weighted by molar-refractivity contribution is 6.04. The van der Waals surface area contributed by atoms with Crippen molar-refractivity contribution in [3.63, 3.8) is 0 Å². The quantitative estimate of drug-likeness (QED) is 0.881. The predicted molar refractivity (Wildman–Crippen MR) is 70.8 cm³/mol. The van der Waals surface area contributed by atoms with E-state index in [1.807, 2.05) is 6.07 Å². The molecule has 1 aromatic carbocycles. The Morgan fingerprint density at radius 2 is 2.00 bits per heavy atom. The van der Waals surface area contributed by atoms with E-state index in [2.05, 4.69) is 5.32 Å². The van der Waals surface area contributed by atoms with Gasteiger partial charge in [-0.2, -0.15) is 5.26 Å². The number of benzene rings is 1. The lowest BCUT2D eigenvalue weighted by Crippen LogP contribution is -2.27. The van der Waals surface area contributed by atoms with E-state index in [4.69, 9.17) is 5.26 Å². The zero-order valence-corrected chi connectivity index (χ0v) is 10.3. The molecule has 1 amide bonds. The van der Waals surface area contributed by atoms with Gasteiger partial charge in [-0.3, -0.25) is 9.59 Å². The predicted octanol–water partition coefficient (Wildman–Crippen LogP) is 1.51. The second-order valence-electron chi connectivity index (χ2n) is 3.95. The van der Waals surface area contributed by atoms with Crippen LogP contribution in [0.15, 0.2) is 47.4 Å². The van der Waals surface area contributed by atoms with Gasteiger partial charge in [0.2, 0.25) is 0 Å². The number of anilines is 1. The molecule has 94 valence electrons. The summed E-state index contributed by atoms with van der Waals surface area (Å²) in [4.78, 5) is 23.8. The Hall–Kier alpha value is -2.87.